The third-order valence-electron chi connectivity index (χ3n) is 3.87. The number of nitrogens with zero attached hydrogens (tertiary/aromatic N) is 2. The highest BCUT2D eigenvalue weighted by Gasteiger charge is 2.46. The second-order valence-electron chi connectivity index (χ2n) is 5.90. The van der Waals surface area contributed by atoms with E-state index in [0.717, 1.165) is 6.07 Å². The maximum absolute atomic E-state index is 13.1. The molecule has 4 nitrogen and oxygen atoms in total. The van der Waals surface area contributed by atoms with Crippen LogP contribution in [0.5, 0.6) is 0 Å². The summed E-state index contributed by atoms with van der Waals surface area (Å²) < 4.78 is 39.3. The van der Waals surface area contributed by atoms with Crippen LogP contribution in [0, 0.1) is 5.41 Å². The number of carboxylic acid groups (broad SMARTS) is 1. The zero-order valence-electron chi connectivity index (χ0n) is 11.8. The molecule has 1 saturated heterocycles. The molecule has 0 radical (unpaired) electrons. The van der Waals surface area contributed by atoms with Crippen LogP contribution in [0.1, 0.15) is 32.3 Å². The molecule has 2 rings (SSSR count). The average molecular weight is 302 g/mol. The number of carboxylic acids is 1. The van der Waals surface area contributed by atoms with Crippen molar-refractivity contribution < 1.29 is 23.1 Å². The lowest BCUT2D eigenvalue weighted by Crippen LogP contribution is -2.55. The molecule has 1 atom stereocenters. The largest absolute Gasteiger partial charge is 0.480 e. The predicted molar refractivity (Wildman–Crippen MR) is 71.0 cm³/mol. The van der Waals surface area contributed by atoms with E-state index < -0.39 is 29.2 Å². The molecule has 1 aromatic rings. The maximum Gasteiger partial charge on any atom is 0.419 e. The number of aliphatic carboxylic acids is 1. The van der Waals surface area contributed by atoms with Crippen molar-refractivity contribution in [3.8, 4) is 0 Å². The molecule has 0 bridgehead atoms. The maximum atomic E-state index is 13.1. The van der Waals surface area contributed by atoms with Crippen molar-refractivity contribution in [2.75, 3.05) is 11.4 Å². The van der Waals surface area contributed by atoms with Crippen LogP contribution >= 0.6 is 0 Å². The van der Waals surface area contributed by atoms with E-state index in [4.69, 9.17) is 0 Å². The summed E-state index contributed by atoms with van der Waals surface area (Å²) in [6.45, 7) is 3.77. The molecule has 0 aromatic carbocycles. The van der Waals surface area contributed by atoms with Crippen molar-refractivity contribution in [1.82, 2.24) is 4.98 Å². The third kappa shape index (κ3) is 2.96. The average Bonchev–Trinajstić information content (AvgIpc) is 2.35. The highest BCUT2D eigenvalue weighted by atomic mass is 19.4. The SMILES string of the molecule is CC1(C)CCCN(c2ncccc2C(F)(F)F)C1C(=O)O. The lowest BCUT2D eigenvalue weighted by atomic mass is 9.76. The van der Waals surface area contributed by atoms with E-state index in [1.807, 2.05) is 0 Å². The molecule has 1 aliphatic rings. The summed E-state index contributed by atoms with van der Waals surface area (Å²) in [6.07, 6.45) is -2.03. The standard InChI is InChI=1S/C14H17F3N2O2/c1-13(2)6-4-8-19(10(13)12(20)21)11-9(14(15,16)17)5-3-7-18-11/h3,5,7,10H,4,6,8H2,1-2H3,(H,20,21). The number of rotatable bonds is 2. The molecule has 2 heterocycles. The number of piperidine rings is 1. The molecule has 1 fully saturated rings. The number of pyridine rings is 1. The van der Waals surface area contributed by atoms with Gasteiger partial charge in [0.2, 0.25) is 0 Å². The summed E-state index contributed by atoms with van der Waals surface area (Å²) in [7, 11) is 0. The minimum atomic E-state index is -4.56. The van der Waals surface area contributed by atoms with Gasteiger partial charge < -0.3 is 10.0 Å². The zero-order chi connectivity index (χ0) is 15.8. The van der Waals surface area contributed by atoms with E-state index in [9.17, 15) is 23.1 Å². The number of hydrogen-bond donors (Lipinski definition) is 1. The summed E-state index contributed by atoms with van der Waals surface area (Å²) in [5.41, 5.74) is -1.52. The minimum absolute atomic E-state index is 0.250. The van der Waals surface area contributed by atoms with Gasteiger partial charge in [0.25, 0.3) is 0 Å². The lowest BCUT2D eigenvalue weighted by Gasteiger charge is -2.45. The van der Waals surface area contributed by atoms with Crippen LogP contribution in [-0.4, -0.2) is 28.6 Å². The fourth-order valence-electron chi connectivity index (χ4n) is 2.94. The highest BCUT2D eigenvalue weighted by molar-refractivity contribution is 5.79. The van der Waals surface area contributed by atoms with Gasteiger partial charge in [-0.3, -0.25) is 0 Å². The van der Waals surface area contributed by atoms with E-state index in [0.29, 0.717) is 12.8 Å². The molecule has 21 heavy (non-hydrogen) atoms. The van der Waals surface area contributed by atoms with Gasteiger partial charge in [-0.05, 0) is 30.4 Å². The van der Waals surface area contributed by atoms with E-state index in [-0.39, 0.29) is 12.4 Å². The van der Waals surface area contributed by atoms with Gasteiger partial charge in [-0.25, -0.2) is 9.78 Å². The second-order valence-corrected chi connectivity index (χ2v) is 5.90. The fraction of sp³-hybridized carbons (Fsp3) is 0.571. The number of hydrogen-bond acceptors (Lipinski definition) is 3. The second kappa shape index (κ2) is 5.20. The van der Waals surface area contributed by atoms with Crippen molar-refractivity contribution in [1.29, 1.82) is 0 Å². The van der Waals surface area contributed by atoms with Gasteiger partial charge in [0, 0.05) is 12.7 Å². The molecule has 1 unspecified atom stereocenters. The van der Waals surface area contributed by atoms with Gasteiger partial charge in [-0.15, -0.1) is 0 Å². The number of halogens is 3. The molecule has 0 saturated carbocycles. The Labute approximate surface area is 120 Å². The van der Waals surface area contributed by atoms with Crippen LogP contribution in [0.2, 0.25) is 0 Å². The molecule has 1 aliphatic heterocycles. The summed E-state index contributed by atoms with van der Waals surface area (Å²) in [4.78, 5) is 16.6. The van der Waals surface area contributed by atoms with Crippen LogP contribution in [0.25, 0.3) is 0 Å². The smallest absolute Gasteiger partial charge is 0.419 e. The number of anilines is 1. The Balaban J connectivity index is 2.52. The van der Waals surface area contributed by atoms with Gasteiger partial charge >= 0.3 is 12.1 Å². The zero-order valence-corrected chi connectivity index (χ0v) is 11.8. The van der Waals surface area contributed by atoms with Crippen LogP contribution in [-0.2, 0) is 11.0 Å². The number of carbonyl (C=O) groups is 1. The minimum Gasteiger partial charge on any atom is -0.480 e. The molecular weight excluding hydrogens is 285 g/mol. The van der Waals surface area contributed by atoms with Crippen LogP contribution in [0.3, 0.4) is 0 Å². The molecule has 0 aliphatic carbocycles. The van der Waals surface area contributed by atoms with Crippen molar-refractivity contribution >= 4 is 11.8 Å². The Morgan fingerprint density at radius 1 is 1.48 bits per heavy atom. The Bertz CT molecular complexity index is 543. The van der Waals surface area contributed by atoms with Crippen molar-refractivity contribution in [3.63, 3.8) is 0 Å². The van der Waals surface area contributed by atoms with Crippen LogP contribution in [0.4, 0.5) is 19.0 Å². The summed E-state index contributed by atoms with van der Waals surface area (Å²) in [5, 5.41) is 9.45. The van der Waals surface area contributed by atoms with Gasteiger partial charge in [0.05, 0.1) is 5.56 Å². The number of alkyl halides is 3. The van der Waals surface area contributed by atoms with E-state index >= 15 is 0 Å². The molecule has 0 amide bonds. The predicted octanol–water partition coefficient (Wildman–Crippen LogP) is 3.18. The summed E-state index contributed by atoms with van der Waals surface area (Å²) in [6, 6.07) is 1.11. The first kappa shape index (κ1) is 15.6. The van der Waals surface area contributed by atoms with Gasteiger partial charge in [0.15, 0.2) is 0 Å². The van der Waals surface area contributed by atoms with Gasteiger partial charge in [-0.1, -0.05) is 13.8 Å². The lowest BCUT2D eigenvalue weighted by molar-refractivity contribution is -0.143. The first-order valence-electron chi connectivity index (χ1n) is 6.66. The number of aromatic nitrogens is 1. The fourth-order valence-corrected chi connectivity index (χ4v) is 2.94. The summed E-state index contributed by atoms with van der Waals surface area (Å²) in [5.74, 6) is -1.43. The van der Waals surface area contributed by atoms with Crippen LogP contribution < -0.4 is 4.90 Å². The third-order valence-corrected chi connectivity index (χ3v) is 3.87. The topological polar surface area (TPSA) is 53.4 Å². The van der Waals surface area contributed by atoms with Gasteiger partial charge in [-0.2, -0.15) is 13.2 Å². The molecule has 1 aromatic heterocycles. The van der Waals surface area contributed by atoms with Crippen molar-refractivity contribution in [3.05, 3.63) is 23.9 Å². The Morgan fingerprint density at radius 3 is 2.71 bits per heavy atom. The Hall–Kier alpha value is -1.79. The van der Waals surface area contributed by atoms with E-state index in [1.54, 1.807) is 13.8 Å². The van der Waals surface area contributed by atoms with Crippen molar-refractivity contribution in [2.45, 2.75) is 38.9 Å². The first-order valence-corrected chi connectivity index (χ1v) is 6.66. The normalized spacial score (nSPS) is 22.1. The molecule has 7 heteroatoms. The Kier molecular flexibility index (Phi) is 3.86. The van der Waals surface area contributed by atoms with E-state index in [2.05, 4.69) is 4.98 Å². The highest BCUT2D eigenvalue weighted by Crippen LogP contribution is 2.41. The van der Waals surface area contributed by atoms with Gasteiger partial charge in [0.1, 0.15) is 11.9 Å². The molecular formula is C14H17F3N2O2. The Morgan fingerprint density at radius 2 is 2.14 bits per heavy atom. The molecule has 1 N–H and O–H groups in total. The molecule has 0 spiro atoms. The van der Waals surface area contributed by atoms with Crippen molar-refractivity contribution in [2.24, 2.45) is 5.41 Å². The molecule has 116 valence electrons. The first-order chi connectivity index (χ1) is 9.64. The van der Waals surface area contributed by atoms with E-state index in [1.165, 1.54) is 17.2 Å². The quantitative estimate of drug-likeness (QED) is 0.911. The monoisotopic (exact) mass is 302 g/mol. The van der Waals surface area contributed by atoms with Crippen LogP contribution in [0.15, 0.2) is 18.3 Å². The summed E-state index contributed by atoms with van der Waals surface area (Å²) >= 11 is 0.